The van der Waals surface area contributed by atoms with Gasteiger partial charge in [0, 0.05) is 12.4 Å². The average Bonchev–Trinajstić information content (AvgIpc) is 2.86. The molecule has 0 aliphatic heterocycles. The highest BCUT2D eigenvalue weighted by Crippen LogP contribution is 2.26. The zero-order valence-corrected chi connectivity index (χ0v) is 9.50. The van der Waals surface area contributed by atoms with Gasteiger partial charge in [0.05, 0.1) is 21.1 Å². The molecule has 1 aromatic carbocycles. The number of H-pyrrole nitrogens is 1. The fraction of sp³-hybridized carbons (Fsp3) is 0. The van der Waals surface area contributed by atoms with Crippen LogP contribution in [0.5, 0.6) is 0 Å². The zero-order valence-electron chi connectivity index (χ0n) is 7.98. The molecule has 0 aliphatic rings. The number of nitrogens with zero attached hydrogens (tertiary/aromatic N) is 3. The smallest absolute Gasteiger partial charge is 0.229 e. The Kier molecular flexibility index (Phi) is 2.12. The van der Waals surface area contributed by atoms with E-state index < -0.39 is 0 Å². The fourth-order valence-corrected chi connectivity index (χ4v) is 1.82. The van der Waals surface area contributed by atoms with E-state index in [2.05, 4.69) is 15.1 Å². The lowest BCUT2D eigenvalue weighted by atomic mass is 10.3. The normalized spacial score (nSPS) is 11.1. The largest absolute Gasteiger partial charge is 0.322 e. The Morgan fingerprint density at radius 3 is 2.75 bits per heavy atom. The highest BCUT2D eigenvalue weighted by molar-refractivity contribution is 6.42. The highest BCUT2D eigenvalue weighted by atomic mass is 35.5. The third-order valence-corrected chi connectivity index (χ3v) is 2.95. The highest BCUT2D eigenvalue weighted by Gasteiger charge is 2.07. The molecule has 0 atom stereocenters. The van der Waals surface area contributed by atoms with E-state index in [1.807, 2.05) is 6.07 Å². The van der Waals surface area contributed by atoms with Crippen molar-refractivity contribution in [2.24, 2.45) is 0 Å². The summed E-state index contributed by atoms with van der Waals surface area (Å²) in [6.45, 7) is 0. The molecule has 0 unspecified atom stereocenters. The third-order valence-electron chi connectivity index (χ3n) is 2.23. The van der Waals surface area contributed by atoms with Gasteiger partial charge in [-0.1, -0.05) is 23.2 Å². The number of imidazole rings is 1. The molecular formula is C10H6Cl2N4. The van der Waals surface area contributed by atoms with Gasteiger partial charge in [0.1, 0.15) is 0 Å². The Morgan fingerprint density at radius 1 is 1.19 bits per heavy atom. The van der Waals surface area contributed by atoms with Crippen LogP contribution in [0, 0.1) is 0 Å². The quantitative estimate of drug-likeness (QED) is 0.724. The van der Waals surface area contributed by atoms with Crippen molar-refractivity contribution in [1.29, 1.82) is 0 Å². The van der Waals surface area contributed by atoms with Gasteiger partial charge in [0.25, 0.3) is 0 Å². The minimum Gasteiger partial charge on any atom is -0.322 e. The van der Waals surface area contributed by atoms with Gasteiger partial charge >= 0.3 is 0 Å². The second kappa shape index (κ2) is 3.50. The lowest BCUT2D eigenvalue weighted by Crippen LogP contribution is -1.95. The number of benzene rings is 1. The van der Waals surface area contributed by atoms with Crippen LogP contribution in [0.1, 0.15) is 0 Å². The summed E-state index contributed by atoms with van der Waals surface area (Å²) in [6.07, 6.45) is 3.49. The van der Waals surface area contributed by atoms with E-state index in [0.29, 0.717) is 16.0 Å². The van der Waals surface area contributed by atoms with E-state index in [1.165, 1.54) is 0 Å². The maximum Gasteiger partial charge on any atom is 0.229 e. The first-order valence-electron chi connectivity index (χ1n) is 4.59. The summed E-state index contributed by atoms with van der Waals surface area (Å²) in [4.78, 5) is 7.47. The standard InChI is InChI=1S/C10H6Cl2N4/c11-6-4-8-9(5-7(6)12)15-10(14-8)16-3-1-2-13-16/h1-5H,(H,14,15). The summed E-state index contributed by atoms with van der Waals surface area (Å²) in [5, 5.41) is 5.08. The van der Waals surface area contributed by atoms with E-state index >= 15 is 0 Å². The van der Waals surface area contributed by atoms with Gasteiger partial charge in [-0.25, -0.2) is 9.67 Å². The Balaban J connectivity index is 2.23. The topological polar surface area (TPSA) is 46.5 Å². The average molecular weight is 253 g/mol. The molecule has 2 aromatic heterocycles. The summed E-state index contributed by atoms with van der Waals surface area (Å²) >= 11 is 11.8. The molecule has 3 aromatic rings. The molecule has 0 amide bonds. The van der Waals surface area contributed by atoms with Crippen LogP contribution in [0.15, 0.2) is 30.6 Å². The minimum atomic E-state index is 0.493. The van der Waals surface area contributed by atoms with Crippen molar-refractivity contribution < 1.29 is 0 Å². The second-order valence-electron chi connectivity index (χ2n) is 3.29. The lowest BCUT2D eigenvalue weighted by Gasteiger charge is -1.93. The summed E-state index contributed by atoms with van der Waals surface area (Å²) in [5.41, 5.74) is 1.60. The van der Waals surface area contributed by atoms with Crippen molar-refractivity contribution in [3.63, 3.8) is 0 Å². The summed E-state index contributed by atoms with van der Waals surface area (Å²) in [6, 6.07) is 5.30. The van der Waals surface area contributed by atoms with Gasteiger partial charge in [0.2, 0.25) is 5.95 Å². The Hall–Kier alpha value is -1.52. The van der Waals surface area contributed by atoms with E-state index in [1.54, 1.807) is 29.2 Å². The molecule has 0 spiro atoms. The molecule has 80 valence electrons. The third kappa shape index (κ3) is 1.47. The zero-order chi connectivity index (χ0) is 11.1. The number of hydrogen-bond donors (Lipinski definition) is 1. The van der Waals surface area contributed by atoms with Gasteiger partial charge in [-0.05, 0) is 18.2 Å². The molecule has 0 radical (unpaired) electrons. The van der Waals surface area contributed by atoms with Gasteiger partial charge < -0.3 is 4.98 Å². The Bertz CT molecular complexity index is 603. The number of aromatic amines is 1. The number of aromatic nitrogens is 4. The maximum atomic E-state index is 5.92. The first kappa shape index (κ1) is 9.69. The van der Waals surface area contributed by atoms with Crippen LogP contribution in [0.3, 0.4) is 0 Å². The lowest BCUT2D eigenvalue weighted by molar-refractivity contribution is 0.829. The van der Waals surface area contributed by atoms with Crippen LogP contribution in [-0.4, -0.2) is 19.7 Å². The first-order valence-corrected chi connectivity index (χ1v) is 5.34. The SMILES string of the molecule is Clc1cc2nc(-n3cccn3)[nH]c2cc1Cl. The molecule has 1 N–H and O–H groups in total. The predicted molar refractivity (Wildman–Crippen MR) is 63.2 cm³/mol. The van der Waals surface area contributed by atoms with E-state index in [9.17, 15) is 0 Å². The van der Waals surface area contributed by atoms with Crippen LogP contribution in [0.4, 0.5) is 0 Å². The van der Waals surface area contributed by atoms with E-state index in [4.69, 9.17) is 23.2 Å². The molecule has 3 rings (SSSR count). The first-order chi connectivity index (χ1) is 7.74. The second-order valence-corrected chi connectivity index (χ2v) is 4.11. The van der Waals surface area contributed by atoms with Crippen LogP contribution in [0.2, 0.25) is 10.0 Å². The van der Waals surface area contributed by atoms with Gasteiger partial charge in [-0.3, -0.25) is 0 Å². The fourth-order valence-electron chi connectivity index (χ4n) is 1.49. The van der Waals surface area contributed by atoms with E-state index in [0.717, 1.165) is 11.0 Å². The molecule has 6 heteroatoms. The van der Waals surface area contributed by atoms with Gasteiger partial charge in [0.15, 0.2) is 0 Å². The molecule has 4 nitrogen and oxygen atoms in total. The van der Waals surface area contributed by atoms with Crippen molar-refractivity contribution in [3.05, 3.63) is 40.6 Å². The molecule has 0 saturated heterocycles. The number of hydrogen-bond acceptors (Lipinski definition) is 2. The molecule has 0 fully saturated rings. The predicted octanol–water partition coefficient (Wildman–Crippen LogP) is 3.06. The maximum absolute atomic E-state index is 5.92. The monoisotopic (exact) mass is 252 g/mol. The number of fused-ring (bicyclic) bond motifs is 1. The molecule has 16 heavy (non-hydrogen) atoms. The van der Waals surface area contributed by atoms with Crippen molar-refractivity contribution in [1.82, 2.24) is 19.7 Å². The Labute approximate surface area is 101 Å². The summed E-state index contributed by atoms with van der Waals surface area (Å²) in [5.74, 6) is 0.637. The molecular weight excluding hydrogens is 247 g/mol. The van der Waals surface area contributed by atoms with Crippen LogP contribution in [0.25, 0.3) is 17.0 Å². The number of rotatable bonds is 1. The molecule has 0 saturated carbocycles. The van der Waals surface area contributed by atoms with Crippen molar-refractivity contribution in [2.75, 3.05) is 0 Å². The molecule has 2 heterocycles. The minimum absolute atomic E-state index is 0.493. The molecule has 0 bridgehead atoms. The summed E-state index contributed by atoms with van der Waals surface area (Å²) < 4.78 is 1.64. The molecule has 0 aliphatic carbocycles. The summed E-state index contributed by atoms with van der Waals surface area (Å²) in [7, 11) is 0. The van der Waals surface area contributed by atoms with Gasteiger partial charge in [-0.2, -0.15) is 5.10 Å². The number of nitrogens with one attached hydrogen (secondary N) is 1. The van der Waals surface area contributed by atoms with Crippen LogP contribution < -0.4 is 0 Å². The van der Waals surface area contributed by atoms with Crippen molar-refractivity contribution in [3.8, 4) is 5.95 Å². The van der Waals surface area contributed by atoms with E-state index in [-0.39, 0.29) is 0 Å². The van der Waals surface area contributed by atoms with Crippen LogP contribution in [-0.2, 0) is 0 Å². The van der Waals surface area contributed by atoms with Crippen LogP contribution >= 0.6 is 23.2 Å². The van der Waals surface area contributed by atoms with Crippen molar-refractivity contribution in [2.45, 2.75) is 0 Å². The van der Waals surface area contributed by atoms with Crippen molar-refractivity contribution >= 4 is 34.2 Å². The number of halogens is 2. The van der Waals surface area contributed by atoms with Gasteiger partial charge in [-0.15, -0.1) is 0 Å². The Morgan fingerprint density at radius 2 is 2.00 bits per heavy atom.